The monoisotopic (exact) mass is 266 g/mol. The topological polar surface area (TPSA) is 96.8 Å². The molecule has 0 aliphatic heterocycles. The highest BCUT2D eigenvalue weighted by atomic mass is 32.1. The van der Waals surface area contributed by atoms with Crippen molar-refractivity contribution >= 4 is 17.9 Å². The molecule has 0 amide bonds. The molecule has 0 radical (unpaired) electrons. The molecule has 0 saturated carbocycles. The minimum absolute atomic E-state index is 0.100. The molecule has 0 aliphatic carbocycles. The molecule has 1 aromatic carbocycles. The van der Waals surface area contributed by atoms with Crippen LogP contribution in [-0.4, -0.2) is 26.7 Å². The molecule has 18 heavy (non-hydrogen) atoms. The third kappa shape index (κ3) is 2.23. The third-order valence-electron chi connectivity index (χ3n) is 2.24. The SMILES string of the molecule is CCOc1c(-c2nc(=S)[nH][nH]2)cccc1[N+](=O)[O-]. The predicted molar refractivity (Wildman–Crippen MR) is 67.0 cm³/mol. The van der Waals surface area contributed by atoms with Gasteiger partial charge in [-0.25, -0.2) is 0 Å². The van der Waals surface area contributed by atoms with Gasteiger partial charge in [0.2, 0.25) is 10.5 Å². The van der Waals surface area contributed by atoms with Gasteiger partial charge < -0.3 is 4.74 Å². The Labute approximate surface area is 107 Å². The van der Waals surface area contributed by atoms with Gasteiger partial charge in [0.25, 0.3) is 0 Å². The Morgan fingerprint density at radius 2 is 2.28 bits per heavy atom. The number of aromatic nitrogens is 3. The number of para-hydroxylation sites is 1. The van der Waals surface area contributed by atoms with Crippen LogP contribution in [0.4, 0.5) is 5.69 Å². The fourth-order valence-corrected chi connectivity index (χ4v) is 1.69. The van der Waals surface area contributed by atoms with Crippen LogP contribution in [0.1, 0.15) is 6.92 Å². The van der Waals surface area contributed by atoms with Crippen LogP contribution in [0.5, 0.6) is 5.75 Å². The third-order valence-corrected chi connectivity index (χ3v) is 2.43. The van der Waals surface area contributed by atoms with E-state index < -0.39 is 4.92 Å². The van der Waals surface area contributed by atoms with Crippen molar-refractivity contribution in [3.63, 3.8) is 0 Å². The number of nitro groups is 1. The first-order valence-electron chi connectivity index (χ1n) is 5.18. The summed E-state index contributed by atoms with van der Waals surface area (Å²) in [6.45, 7) is 2.08. The van der Waals surface area contributed by atoms with E-state index in [4.69, 9.17) is 17.0 Å². The number of H-pyrrole nitrogens is 2. The van der Waals surface area contributed by atoms with Crippen molar-refractivity contribution in [2.75, 3.05) is 6.61 Å². The van der Waals surface area contributed by atoms with E-state index >= 15 is 0 Å². The highest BCUT2D eigenvalue weighted by molar-refractivity contribution is 7.71. The van der Waals surface area contributed by atoms with E-state index in [0.717, 1.165) is 0 Å². The molecule has 8 heteroatoms. The van der Waals surface area contributed by atoms with E-state index in [0.29, 0.717) is 18.0 Å². The van der Waals surface area contributed by atoms with E-state index in [-0.39, 0.29) is 16.2 Å². The maximum atomic E-state index is 11.0. The van der Waals surface area contributed by atoms with Crippen LogP contribution in [0.25, 0.3) is 11.4 Å². The molecule has 1 heterocycles. The average molecular weight is 266 g/mol. The standard InChI is InChI=1S/C10H10N4O3S/c1-2-17-8-6(9-11-10(18)13-12-9)4-3-5-7(8)14(15)16/h3-5H,2H2,1H3,(H2,11,12,13,18). The van der Waals surface area contributed by atoms with Crippen molar-refractivity contribution in [2.24, 2.45) is 0 Å². The first-order valence-corrected chi connectivity index (χ1v) is 5.59. The Kier molecular flexibility index (Phi) is 3.38. The van der Waals surface area contributed by atoms with Gasteiger partial charge in [0.15, 0.2) is 5.82 Å². The Morgan fingerprint density at radius 3 is 2.83 bits per heavy atom. The quantitative estimate of drug-likeness (QED) is 0.503. The van der Waals surface area contributed by atoms with Gasteiger partial charge in [-0.3, -0.25) is 20.3 Å². The van der Waals surface area contributed by atoms with Crippen LogP contribution in [0, 0.1) is 14.9 Å². The molecule has 2 aromatic rings. The van der Waals surface area contributed by atoms with Crippen molar-refractivity contribution in [3.8, 4) is 17.1 Å². The van der Waals surface area contributed by atoms with E-state index in [2.05, 4.69) is 15.2 Å². The summed E-state index contributed by atoms with van der Waals surface area (Å²) in [7, 11) is 0. The normalized spacial score (nSPS) is 10.3. The van der Waals surface area contributed by atoms with Gasteiger partial charge in [0.1, 0.15) is 0 Å². The molecule has 1 aromatic heterocycles. The lowest BCUT2D eigenvalue weighted by Gasteiger charge is -2.08. The summed E-state index contributed by atoms with van der Waals surface area (Å²) < 4.78 is 5.62. The second-order valence-corrected chi connectivity index (χ2v) is 3.75. The molecule has 0 atom stereocenters. The molecule has 0 saturated heterocycles. The maximum absolute atomic E-state index is 11.0. The Balaban J connectivity index is 2.62. The zero-order valence-corrected chi connectivity index (χ0v) is 10.3. The molecule has 2 N–H and O–H groups in total. The van der Waals surface area contributed by atoms with Crippen molar-refractivity contribution < 1.29 is 9.66 Å². The lowest BCUT2D eigenvalue weighted by molar-refractivity contribution is -0.385. The van der Waals surface area contributed by atoms with Gasteiger partial charge >= 0.3 is 5.69 Å². The highest BCUT2D eigenvalue weighted by Gasteiger charge is 2.21. The predicted octanol–water partition coefficient (Wildman–Crippen LogP) is 2.44. The van der Waals surface area contributed by atoms with Crippen molar-refractivity contribution in [1.29, 1.82) is 0 Å². The second-order valence-electron chi connectivity index (χ2n) is 3.36. The minimum Gasteiger partial charge on any atom is -0.487 e. The van der Waals surface area contributed by atoms with Gasteiger partial charge in [-0.05, 0) is 25.2 Å². The maximum Gasteiger partial charge on any atom is 0.311 e. The van der Waals surface area contributed by atoms with Crippen LogP contribution < -0.4 is 4.74 Å². The van der Waals surface area contributed by atoms with Crippen LogP contribution in [0.15, 0.2) is 18.2 Å². The number of nitrogens with zero attached hydrogens (tertiary/aromatic N) is 2. The van der Waals surface area contributed by atoms with Crippen LogP contribution in [0.2, 0.25) is 0 Å². The lowest BCUT2D eigenvalue weighted by Crippen LogP contribution is -2.00. The Hall–Kier alpha value is -2.22. The van der Waals surface area contributed by atoms with Gasteiger partial charge in [-0.15, -0.1) is 0 Å². The number of benzene rings is 1. The molecular formula is C10H10N4O3S. The zero-order valence-electron chi connectivity index (χ0n) is 9.47. The minimum atomic E-state index is -0.490. The van der Waals surface area contributed by atoms with Gasteiger partial charge in [-0.2, -0.15) is 4.98 Å². The summed E-state index contributed by atoms with van der Waals surface area (Å²) in [5.74, 6) is 0.593. The summed E-state index contributed by atoms with van der Waals surface area (Å²) in [5, 5.41) is 16.3. The first kappa shape index (κ1) is 12.2. The molecule has 0 unspecified atom stereocenters. The number of nitrogens with one attached hydrogen (secondary N) is 2. The van der Waals surface area contributed by atoms with Crippen LogP contribution in [0.3, 0.4) is 0 Å². The van der Waals surface area contributed by atoms with E-state index in [9.17, 15) is 10.1 Å². The Bertz CT molecular complexity index is 634. The molecular weight excluding hydrogens is 256 g/mol. The average Bonchev–Trinajstić information content (AvgIpc) is 2.76. The summed E-state index contributed by atoms with van der Waals surface area (Å²) >= 11 is 4.85. The van der Waals surface area contributed by atoms with E-state index in [1.54, 1.807) is 19.1 Å². The molecule has 0 aliphatic rings. The highest BCUT2D eigenvalue weighted by Crippen LogP contribution is 2.36. The van der Waals surface area contributed by atoms with Crippen molar-refractivity contribution in [1.82, 2.24) is 15.2 Å². The second kappa shape index (κ2) is 4.96. The Morgan fingerprint density at radius 1 is 1.50 bits per heavy atom. The molecule has 7 nitrogen and oxygen atoms in total. The fraction of sp³-hybridized carbons (Fsp3) is 0.200. The molecule has 94 valence electrons. The van der Waals surface area contributed by atoms with Crippen LogP contribution >= 0.6 is 12.2 Å². The van der Waals surface area contributed by atoms with Crippen molar-refractivity contribution in [2.45, 2.75) is 6.92 Å². The summed E-state index contributed by atoms with van der Waals surface area (Å²) in [6.07, 6.45) is 0. The number of nitro benzene ring substituents is 1. The van der Waals surface area contributed by atoms with Crippen molar-refractivity contribution in [3.05, 3.63) is 33.1 Å². The summed E-state index contributed by atoms with van der Waals surface area (Å²) in [4.78, 5) is 14.5. The first-order chi connectivity index (χ1) is 8.63. The smallest absolute Gasteiger partial charge is 0.311 e. The molecule has 0 spiro atoms. The number of hydrogen-bond acceptors (Lipinski definition) is 5. The number of rotatable bonds is 4. The molecule has 2 rings (SSSR count). The van der Waals surface area contributed by atoms with Gasteiger partial charge in [0.05, 0.1) is 17.1 Å². The summed E-state index contributed by atoms with van der Waals surface area (Å²) in [6, 6.07) is 4.64. The zero-order chi connectivity index (χ0) is 13.1. The van der Waals surface area contributed by atoms with E-state index in [1.165, 1.54) is 6.07 Å². The lowest BCUT2D eigenvalue weighted by atomic mass is 10.1. The van der Waals surface area contributed by atoms with Crippen LogP contribution in [-0.2, 0) is 0 Å². The molecule has 0 fully saturated rings. The molecule has 0 bridgehead atoms. The number of aromatic amines is 2. The number of hydrogen-bond donors (Lipinski definition) is 2. The van der Waals surface area contributed by atoms with Gasteiger partial charge in [0, 0.05) is 6.07 Å². The largest absolute Gasteiger partial charge is 0.487 e. The van der Waals surface area contributed by atoms with Gasteiger partial charge in [-0.1, -0.05) is 6.07 Å². The van der Waals surface area contributed by atoms with E-state index in [1.807, 2.05) is 0 Å². The summed E-state index contributed by atoms with van der Waals surface area (Å²) in [5.41, 5.74) is 0.398. The fourth-order valence-electron chi connectivity index (χ4n) is 1.55. The number of ether oxygens (including phenoxy) is 1.